The minimum absolute atomic E-state index is 0.0930. The number of amides is 1. The van der Waals surface area contributed by atoms with Gasteiger partial charge < -0.3 is 15.7 Å². The van der Waals surface area contributed by atoms with E-state index in [1.807, 2.05) is 0 Å². The van der Waals surface area contributed by atoms with Crippen LogP contribution >= 0.6 is 0 Å². The molecular weight excluding hydrogens is 204 g/mol. The Morgan fingerprint density at radius 2 is 1.94 bits per heavy atom. The van der Waals surface area contributed by atoms with E-state index in [-0.39, 0.29) is 12.5 Å². The Labute approximate surface area is 96.8 Å². The van der Waals surface area contributed by atoms with E-state index in [1.54, 1.807) is 0 Å². The fourth-order valence-electron chi connectivity index (χ4n) is 2.45. The van der Waals surface area contributed by atoms with E-state index in [0.717, 1.165) is 19.4 Å². The number of nitrogens with one attached hydrogen (secondary N) is 2. The smallest absolute Gasteiger partial charge is 0.233 e. The van der Waals surface area contributed by atoms with Crippen molar-refractivity contribution in [1.29, 1.82) is 0 Å². The van der Waals surface area contributed by atoms with Crippen LogP contribution in [-0.2, 0) is 4.79 Å². The molecule has 2 rings (SSSR count). The molecule has 4 heteroatoms. The van der Waals surface area contributed by atoms with E-state index < -0.39 is 0 Å². The van der Waals surface area contributed by atoms with E-state index >= 15 is 0 Å². The molecule has 0 aromatic heterocycles. The summed E-state index contributed by atoms with van der Waals surface area (Å²) in [5.74, 6) is 0.974. The van der Waals surface area contributed by atoms with Crippen molar-refractivity contribution in [2.45, 2.75) is 38.1 Å². The molecule has 0 aromatic carbocycles. The zero-order chi connectivity index (χ0) is 11.4. The highest BCUT2D eigenvalue weighted by Crippen LogP contribution is 2.30. The molecule has 2 saturated carbocycles. The molecule has 3 N–H and O–H groups in total. The predicted molar refractivity (Wildman–Crippen MR) is 62.0 cm³/mol. The lowest BCUT2D eigenvalue weighted by Crippen LogP contribution is -2.38. The molecular formula is C12H22N2O2. The van der Waals surface area contributed by atoms with Crippen molar-refractivity contribution in [3.05, 3.63) is 0 Å². The number of carbonyl (C=O) groups excluding carboxylic acids is 1. The third-order valence-corrected chi connectivity index (χ3v) is 3.74. The third kappa shape index (κ3) is 3.46. The Hall–Kier alpha value is -0.610. The predicted octanol–water partition coefficient (Wildman–Crippen LogP) is 0.263. The molecule has 4 nitrogen and oxygen atoms in total. The highest BCUT2D eigenvalue weighted by Gasteiger charge is 2.27. The Bertz CT molecular complexity index is 241. The topological polar surface area (TPSA) is 61.4 Å². The Kier molecular flexibility index (Phi) is 4.18. The molecule has 0 aliphatic heterocycles. The minimum atomic E-state index is 0.0930. The average Bonchev–Trinajstić information content (AvgIpc) is 3.01. The molecule has 2 unspecified atom stereocenters. The summed E-state index contributed by atoms with van der Waals surface area (Å²) in [4.78, 5) is 11.5. The van der Waals surface area contributed by atoms with Gasteiger partial charge in [-0.3, -0.25) is 4.79 Å². The van der Waals surface area contributed by atoms with Gasteiger partial charge in [0.2, 0.25) is 5.91 Å². The van der Waals surface area contributed by atoms with Gasteiger partial charge in [-0.1, -0.05) is 6.42 Å². The van der Waals surface area contributed by atoms with Crippen molar-refractivity contribution in [2.75, 3.05) is 19.7 Å². The highest BCUT2D eigenvalue weighted by molar-refractivity contribution is 5.78. The molecule has 2 fully saturated rings. The molecule has 2 aliphatic rings. The number of hydrogen-bond donors (Lipinski definition) is 3. The molecule has 0 heterocycles. The van der Waals surface area contributed by atoms with Gasteiger partial charge in [0.1, 0.15) is 0 Å². The first-order valence-corrected chi connectivity index (χ1v) is 6.40. The summed E-state index contributed by atoms with van der Waals surface area (Å²) in [7, 11) is 0. The summed E-state index contributed by atoms with van der Waals surface area (Å²) in [6, 6.07) is 0.586. The Morgan fingerprint density at radius 1 is 1.19 bits per heavy atom. The summed E-state index contributed by atoms with van der Waals surface area (Å²) < 4.78 is 0. The maximum atomic E-state index is 11.5. The van der Waals surface area contributed by atoms with Crippen LogP contribution in [0.25, 0.3) is 0 Å². The summed E-state index contributed by atoms with van der Waals surface area (Å²) in [6.45, 7) is 1.44. The van der Waals surface area contributed by atoms with Crippen molar-refractivity contribution in [1.82, 2.24) is 10.6 Å². The summed E-state index contributed by atoms with van der Waals surface area (Å²) >= 11 is 0. The molecule has 0 spiro atoms. The first-order chi connectivity index (χ1) is 7.79. The van der Waals surface area contributed by atoms with Crippen molar-refractivity contribution in [2.24, 2.45) is 11.8 Å². The van der Waals surface area contributed by atoms with Crippen LogP contribution in [0.15, 0.2) is 0 Å². The molecule has 16 heavy (non-hydrogen) atoms. The second kappa shape index (κ2) is 5.64. The Balaban J connectivity index is 1.59. The normalized spacial score (nSPS) is 29.3. The average molecular weight is 226 g/mol. The Morgan fingerprint density at radius 3 is 2.62 bits per heavy atom. The maximum absolute atomic E-state index is 11.5. The lowest BCUT2D eigenvalue weighted by atomic mass is 9.97. The standard InChI is InChI=1S/C12H22N2O2/c15-8-10-3-1-2-9(10)6-14-12(16)7-13-11-4-5-11/h9-11,13,15H,1-8H2,(H,14,16). The zero-order valence-electron chi connectivity index (χ0n) is 9.74. The largest absolute Gasteiger partial charge is 0.396 e. The molecule has 0 radical (unpaired) electrons. The van der Waals surface area contributed by atoms with Crippen LogP contribution in [0.4, 0.5) is 0 Å². The molecule has 2 aliphatic carbocycles. The maximum Gasteiger partial charge on any atom is 0.233 e. The lowest BCUT2D eigenvalue weighted by molar-refractivity contribution is -0.120. The monoisotopic (exact) mass is 226 g/mol. The van der Waals surface area contributed by atoms with Crippen molar-refractivity contribution < 1.29 is 9.90 Å². The number of aliphatic hydroxyl groups is 1. The van der Waals surface area contributed by atoms with E-state index in [4.69, 9.17) is 5.11 Å². The molecule has 0 saturated heterocycles. The van der Waals surface area contributed by atoms with Gasteiger partial charge in [-0.2, -0.15) is 0 Å². The second-order valence-corrected chi connectivity index (χ2v) is 5.09. The first kappa shape index (κ1) is 11.9. The van der Waals surface area contributed by atoms with Gasteiger partial charge in [-0.25, -0.2) is 0 Å². The van der Waals surface area contributed by atoms with Crippen LogP contribution < -0.4 is 10.6 Å². The minimum Gasteiger partial charge on any atom is -0.396 e. The SMILES string of the molecule is O=C(CNC1CC1)NCC1CCCC1CO. The van der Waals surface area contributed by atoms with Crippen molar-refractivity contribution in [3.8, 4) is 0 Å². The fourth-order valence-corrected chi connectivity index (χ4v) is 2.45. The zero-order valence-corrected chi connectivity index (χ0v) is 9.74. The highest BCUT2D eigenvalue weighted by atomic mass is 16.3. The van der Waals surface area contributed by atoms with Gasteiger partial charge in [0, 0.05) is 19.2 Å². The first-order valence-electron chi connectivity index (χ1n) is 6.40. The van der Waals surface area contributed by atoms with Crippen LogP contribution in [0.5, 0.6) is 0 Å². The second-order valence-electron chi connectivity index (χ2n) is 5.09. The van der Waals surface area contributed by atoms with Gasteiger partial charge in [0.25, 0.3) is 0 Å². The van der Waals surface area contributed by atoms with Gasteiger partial charge in [-0.15, -0.1) is 0 Å². The van der Waals surface area contributed by atoms with Gasteiger partial charge >= 0.3 is 0 Å². The number of carbonyl (C=O) groups is 1. The van der Waals surface area contributed by atoms with Crippen LogP contribution in [0.3, 0.4) is 0 Å². The summed E-state index contributed by atoms with van der Waals surface area (Å²) in [6.07, 6.45) is 5.86. The van der Waals surface area contributed by atoms with Crippen LogP contribution in [0.1, 0.15) is 32.1 Å². The van der Waals surface area contributed by atoms with Crippen LogP contribution in [-0.4, -0.2) is 36.8 Å². The van der Waals surface area contributed by atoms with Gasteiger partial charge in [-0.05, 0) is 37.5 Å². The van der Waals surface area contributed by atoms with E-state index in [1.165, 1.54) is 19.3 Å². The summed E-state index contributed by atoms with van der Waals surface area (Å²) in [5, 5.41) is 15.3. The quantitative estimate of drug-likeness (QED) is 0.609. The molecule has 0 aromatic rings. The van der Waals surface area contributed by atoms with E-state index in [0.29, 0.717) is 24.4 Å². The molecule has 2 atom stereocenters. The molecule has 1 amide bonds. The van der Waals surface area contributed by atoms with Crippen molar-refractivity contribution >= 4 is 5.91 Å². The van der Waals surface area contributed by atoms with Crippen molar-refractivity contribution in [3.63, 3.8) is 0 Å². The molecule has 0 bridgehead atoms. The van der Waals surface area contributed by atoms with Gasteiger partial charge in [0.15, 0.2) is 0 Å². The van der Waals surface area contributed by atoms with Gasteiger partial charge in [0.05, 0.1) is 6.54 Å². The molecule has 92 valence electrons. The third-order valence-electron chi connectivity index (χ3n) is 3.74. The number of aliphatic hydroxyl groups excluding tert-OH is 1. The van der Waals surface area contributed by atoms with E-state index in [2.05, 4.69) is 10.6 Å². The summed E-state index contributed by atoms with van der Waals surface area (Å²) in [5.41, 5.74) is 0. The fraction of sp³-hybridized carbons (Fsp3) is 0.917. The van der Waals surface area contributed by atoms with E-state index in [9.17, 15) is 4.79 Å². The van der Waals surface area contributed by atoms with Crippen LogP contribution in [0, 0.1) is 11.8 Å². The van der Waals surface area contributed by atoms with Crippen LogP contribution in [0.2, 0.25) is 0 Å². The lowest BCUT2D eigenvalue weighted by Gasteiger charge is -2.17. The number of hydrogen-bond acceptors (Lipinski definition) is 3. The number of rotatable bonds is 6.